The number of hydrogen-bond donors (Lipinski definition) is 2. The highest BCUT2D eigenvalue weighted by Crippen LogP contribution is 2.15. The van der Waals surface area contributed by atoms with Gasteiger partial charge in [-0.1, -0.05) is 29.4 Å². The van der Waals surface area contributed by atoms with Crippen LogP contribution in [-0.2, 0) is 4.84 Å². The lowest BCUT2D eigenvalue weighted by Crippen LogP contribution is -2.04. The second-order valence-corrected chi connectivity index (χ2v) is 3.87. The normalized spacial score (nSPS) is 9.83. The van der Waals surface area contributed by atoms with Gasteiger partial charge in [0, 0.05) is 22.5 Å². The summed E-state index contributed by atoms with van der Waals surface area (Å²) in [6.45, 7) is 0. The van der Waals surface area contributed by atoms with Crippen molar-refractivity contribution in [2.45, 2.75) is 0 Å². The Morgan fingerprint density at radius 1 is 0.833 bits per heavy atom. The molecule has 0 aliphatic rings. The highest BCUT2D eigenvalue weighted by atomic mass is 16.6. The van der Waals surface area contributed by atoms with E-state index in [0.717, 1.165) is 16.8 Å². The fraction of sp³-hybridized carbons (Fsp3) is 0.0714. The van der Waals surface area contributed by atoms with E-state index < -0.39 is 0 Å². The van der Waals surface area contributed by atoms with Gasteiger partial charge in [-0.3, -0.25) is 0 Å². The van der Waals surface area contributed by atoms with Crippen molar-refractivity contribution in [3.8, 4) is 0 Å². The van der Waals surface area contributed by atoms with Gasteiger partial charge in [0.05, 0.1) is 0 Å². The van der Waals surface area contributed by atoms with Crippen LogP contribution in [-0.4, -0.2) is 12.8 Å². The number of nitrogens with zero attached hydrogens (tertiary/aromatic N) is 1. The van der Waals surface area contributed by atoms with Gasteiger partial charge in [0.1, 0.15) is 12.8 Å². The first-order valence-electron chi connectivity index (χ1n) is 5.53. The molecule has 0 saturated heterocycles. The summed E-state index contributed by atoms with van der Waals surface area (Å²) in [5.41, 5.74) is 15.4. The predicted octanol–water partition coefficient (Wildman–Crippen LogP) is 2.25. The Kier molecular flexibility index (Phi) is 3.48. The molecule has 2 rings (SSSR count). The van der Waals surface area contributed by atoms with Crippen molar-refractivity contribution < 1.29 is 4.84 Å². The predicted molar refractivity (Wildman–Crippen MR) is 74.4 cm³/mol. The summed E-state index contributed by atoms with van der Waals surface area (Å²) in [5.74, 6) is 0. The third-order valence-electron chi connectivity index (χ3n) is 2.55. The van der Waals surface area contributed by atoms with Gasteiger partial charge in [0.15, 0.2) is 0 Å². The maximum absolute atomic E-state index is 5.67. The topological polar surface area (TPSA) is 73.6 Å². The van der Waals surface area contributed by atoms with Crippen LogP contribution in [0, 0.1) is 0 Å². The number of oxime groups is 1. The molecule has 0 unspecified atom stereocenters. The van der Waals surface area contributed by atoms with E-state index >= 15 is 0 Å². The largest absolute Gasteiger partial charge is 0.399 e. The van der Waals surface area contributed by atoms with Crippen LogP contribution in [0.2, 0.25) is 0 Å². The molecule has 0 bridgehead atoms. The van der Waals surface area contributed by atoms with E-state index in [-0.39, 0.29) is 0 Å². The van der Waals surface area contributed by atoms with E-state index in [1.165, 1.54) is 7.11 Å². The van der Waals surface area contributed by atoms with Gasteiger partial charge in [0.25, 0.3) is 0 Å². The molecule has 0 heterocycles. The molecule has 0 aromatic heterocycles. The van der Waals surface area contributed by atoms with Crippen LogP contribution < -0.4 is 11.5 Å². The zero-order chi connectivity index (χ0) is 13.0. The average molecular weight is 241 g/mol. The minimum absolute atomic E-state index is 0.716. The van der Waals surface area contributed by atoms with E-state index in [1.807, 2.05) is 48.5 Å². The maximum atomic E-state index is 5.67. The number of nitrogen functional groups attached to an aromatic ring is 2. The fourth-order valence-electron chi connectivity index (χ4n) is 1.65. The Morgan fingerprint density at radius 3 is 1.56 bits per heavy atom. The molecule has 0 spiro atoms. The summed E-state index contributed by atoms with van der Waals surface area (Å²) >= 11 is 0. The second-order valence-electron chi connectivity index (χ2n) is 3.87. The Bertz CT molecular complexity index is 497. The Hall–Kier alpha value is -2.49. The van der Waals surface area contributed by atoms with E-state index in [1.54, 1.807) is 0 Å². The summed E-state index contributed by atoms with van der Waals surface area (Å²) in [4.78, 5) is 4.90. The quantitative estimate of drug-likeness (QED) is 0.491. The number of anilines is 2. The van der Waals surface area contributed by atoms with Gasteiger partial charge in [0.2, 0.25) is 0 Å². The molecule has 2 aromatic rings. The van der Waals surface area contributed by atoms with Crippen LogP contribution in [0.3, 0.4) is 0 Å². The van der Waals surface area contributed by atoms with E-state index in [2.05, 4.69) is 5.16 Å². The summed E-state index contributed by atoms with van der Waals surface area (Å²) in [6.07, 6.45) is 0. The molecule has 4 heteroatoms. The van der Waals surface area contributed by atoms with Crippen LogP contribution >= 0.6 is 0 Å². The smallest absolute Gasteiger partial charge is 0.117 e. The molecule has 0 radical (unpaired) electrons. The summed E-state index contributed by atoms with van der Waals surface area (Å²) in [5, 5.41) is 4.06. The van der Waals surface area contributed by atoms with Crippen LogP contribution in [0.5, 0.6) is 0 Å². The van der Waals surface area contributed by atoms with Crippen molar-refractivity contribution in [3.63, 3.8) is 0 Å². The molecule has 2 aromatic carbocycles. The van der Waals surface area contributed by atoms with Crippen molar-refractivity contribution in [1.82, 2.24) is 0 Å². The number of benzene rings is 2. The van der Waals surface area contributed by atoms with Crippen molar-refractivity contribution in [2.24, 2.45) is 5.16 Å². The lowest BCUT2D eigenvalue weighted by molar-refractivity contribution is 0.214. The standard InChI is InChI=1S/C14H15N3O/c1-18-17-14(10-2-6-12(15)7-3-10)11-4-8-13(16)9-5-11/h2-9H,15-16H2,1H3. The Balaban J connectivity index is 2.43. The van der Waals surface area contributed by atoms with Crippen molar-refractivity contribution in [2.75, 3.05) is 18.6 Å². The van der Waals surface area contributed by atoms with Crippen molar-refractivity contribution in [1.29, 1.82) is 0 Å². The molecular weight excluding hydrogens is 226 g/mol. The van der Waals surface area contributed by atoms with Crippen LogP contribution in [0.1, 0.15) is 11.1 Å². The lowest BCUT2D eigenvalue weighted by atomic mass is 10.0. The first-order chi connectivity index (χ1) is 8.70. The van der Waals surface area contributed by atoms with Gasteiger partial charge < -0.3 is 16.3 Å². The second kappa shape index (κ2) is 5.23. The maximum Gasteiger partial charge on any atom is 0.117 e. The zero-order valence-electron chi connectivity index (χ0n) is 10.1. The zero-order valence-corrected chi connectivity index (χ0v) is 10.1. The number of hydrogen-bond acceptors (Lipinski definition) is 4. The van der Waals surface area contributed by atoms with Crippen LogP contribution in [0.15, 0.2) is 53.7 Å². The third-order valence-corrected chi connectivity index (χ3v) is 2.55. The average Bonchev–Trinajstić information content (AvgIpc) is 2.39. The molecule has 0 aliphatic carbocycles. The van der Waals surface area contributed by atoms with E-state index in [0.29, 0.717) is 11.4 Å². The molecule has 0 atom stereocenters. The van der Waals surface area contributed by atoms with Gasteiger partial charge in [-0.25, -0.2) is 0 Å². The molecule has 0 amide bonds. The summed E-state index contributed by atoms with van der Waals surface area (Å²) in [7, 11) is 1.52. The van der Waals surface area contributed by atoms with E-state index in [4.69, 9.17) is 16.3 Å². The van der Waals surface area contributed by atoms with Crippen LogP contribution in [0.25, 0.3) is 0 Å². The third kappa shape index (κ3) is 2.60. The minimum Gasteiger partial charge on any atom is -0.399 e. The first kappa shape index (κ1) is 12.0. The minimum atomic E-state index is 0.716. The van der Waals surface area contributed by atoms with Crippen molar-refractivity contribution >= 4 is 17.1 Å². The molecule has 0 aliphatic heterocycles. The lowest BCUT2D eigenvalue weighted by Gasteiger charge is -2.07. The molecular formula is C14H15N3O. The first-order valence-corrected chi connectivity index (χ1v) is 5.53. The van der Waals surface area contributed by atoms with Crippen molar-refractivity contribution in [3.05, 3.63) is 59.7 Å². The summed E-state index contributed by atoms with van der Waals surface area (Å²) in [6, 6.07) is 14.9. The van der Waals surface area contributed by atoms with E-state index in [9.17, 15) is 0 Å². The molecule has 4 N–H and O–H groups in total. The molecule has 0 saturated carbocycles. The molecule has 92 valence electrons. The molecule has 0 fully saturated rings. The highest BCUT2D eigenvalue weighted by Gasteiger charge is 2.07. The summed E-state index contributed by atoms with van der Waals surface area (Å²) < 4.78 is 0. The number of nitrogens with two attached hydrogens (primary N) is 2. The Morgan fingerprint density at radius 2 is 1.22 bits per heavy atom. The van der Waals surface area contributed by atoms with Gasteiger partial charge in [-0.2, -0.15) is 0 Å². The molecule has 18 heavy (non-hydrogen) atoms. The van der Waals surface area contributed by atoms with Gasteiger partial charge in [-0.15, -0.1) is 0 Å². The SMILES string of the molecule is CON=C(c1ccc(N)cc1)c1ccc(N)cc1. The monoisotopic (exact) mass is 241 g/mol. The fourth-order valence-corrected chi connectivity index (χ4v) is 1.65. The van der Waals surface area contributed by atoms with Gasteiger partial charge >= 0.3 is 0 Å². The van der Waals surface area contributed by atoms with Gasteiger partial charge in [-0.05, 0) is 24.3 Å². The highest BCUT2D eigenvalue weighted by molar-refractivity contribution is 6.12. The molecule has 4 nitrogen and oxygen atoms in total. The number of rotatable bonds is 3. The Labute approximate surface area is 106 Å². The van der Waals surface area contributed by atoms with Crippen LogP contribution in [0.4, 0.5) is 11.4 Å².